The molecule has 4 rings (SSSR count). The van der Waals surface area contributed by atoms with Crippen LogP contribution in [0, 0.1) is 6.92 Å². The Morgan fingerprint density at radius 2 is 1.45 bits per heavy atom. The molecule has 7 nitrogen and oxygen atoms in total. The Kier molecular flexibility index (Phi) is 6.04. The molecule has 0 radical (unpaired) electrons. The number of carbonyl (C=O) groups excluding carboxylic acids is 2. The highest BCUT2D eigenvalue weighted by molar-refractivity contribution is 6.46. The Bertz CT molecular complexity index is 1250. The van der Waals surface area contributed by atoms with Crippen molar-refractivity contribution in [1.82, 2.24) is 0 Å². The van der Waals surface area contributed by atoms with E-state index in [-0.39, 0.29) is 11.3 Å². The third-order valence-electron chi connectivity index (χ3n) is 5.40. The first-order chi connectivity index (χ1) is 16.0. The number of aryl methyl sites for hydroxylation is 1. The van der Waals surface area contributed by atoms with Crippen molar-refractivity contribution in [3.63, 3.8) is 0 Å². The predicted molar refractivity (Wildman–Crippen MR) is 127 cm³/mol. The molecule has 0 saturated carbocycles. The highest BCUT2D eigenvalue weighted by Gasteiger charge is 2.41. The van der Waals surface area contributed by atoms with E-state index in [9.17, 15) is 9.59 Å². The Balaban J connectivity index is 1.87. The molecule has 0 aliphatic carbocycles. The zero-order valence-electron chi connectivity index (χ0n) is 18.8. The van der Waals surface area contributed by atoms with Crippen molar-refractivity contribution in [2.75, 3.05) is 31.5 Å². The molecule has 0 spiro atoms. The van der Waals surface area contributed by atoms with Crippen LogP contribution in [0.15, 0.2) is 72.4 Å². The van der Waals surface area contributed by atoms with Gasteiger partial charge < -0.3 is 19.5 Å². The number of rotatable bonds is 7. The molecular formula is C26H24N2O5. The molecule has 3 aromatic rings. The summed E-state index contributed by atoms with van der Waals surface area (Å²) in [6.07, 6.45) is 0. The summed E-state index contributed by atoms with van der Waals surface area (Å²) >= 11 is 0. The number of ether oxygens (including phenoxy) is 3. The van der Waals surface area contributed by atoms with Gasteiger partial charge in [-0.2, -0.15) is 0 Å². The minimum Gasteiger partial charge on any atom is -0.497 e. The summed E-state index contributed by atoms with van der Waals surface area (Å²) in [6.45, 7) is 1.89. The van der Waals surface area contributed by atoms with Crippen LogP contribution in [0.1, 0.15) is 11.1 Å². The Hall–Kier alpha value is -4.26. The summed E-state index contributed by atoms with van der Waals surface area (Å²) in [5, 5.41) is 3.14. The topological polar surface area (TPSA) is 77.1 Å². The lowest BCUT2D eigenvalue weighted by atomic mass is 10.0. The van der Waals surface area contributed by atoms with Crippen molar-refractivity contribution < 1.29 is 23.8 Å². The molecule has 0 saturated heterocycles. The molecule has 0 aromatic heterocycles. The standard InChI is InChI=1S/C26H24N2O5/c1-16-9-14-22(33-4)20(15-16)28-25(29)23(17-10-12-18(31-2)13-11-17)24(26(28)30)27-19-7-5-6-8-21(19)32-3/h5-15,27H,1-4H3. The first kappa shape index (κ1) is 22.0. The summed E-state index contributed by atoms with van der Waals surface area (Å²) in [5.74, 6) is 0.681. The highest BCUT2D eigenvalue weighted by Crippen LogP contribution is 2.39. The highest BCUT2D eigenvalue weighted by atomic mass is 16.5. The van der Waals surface area contributed by atoms with Crippen molar-refractivity contribution in [3.05, 3.63) is 83.6 Å². The summed E-state index contributed by atoms with van der Waals surface area (Å²) in [5.41, 5.74) is 2.83. The molecule has 3 aromatic carbocycles. The van der Waals surface area contributed by atoms with Gasteiger partial charge in [0.15, 0.2) is 0 Å². The molecule has 168 valence electrons. The van der Waals surface area contributed by atoms with Crippen molar-refractivity contribution in [2.45, 2.75) is 6.92 Å². The molecule has 1 aliphatic rings. The molecule has 1 N–H and O–H groups in total. The number of amides is 2. The number of carbonyl (C=O) groups is 2. The Morgan fingerprint density at radius 3 is 2.12 bits per heavy atom. The van der Waals surface area contributed by atoms with Crippen molar-refractivity contribution >= 4 is 28.8 Å². The summed E-state index contributed by atoms with van der Waals surface area (Å²) in [6, 6.07) is 19.6. The average Bonchev–Trinajstić information content (AvgIpc) is 3.08. The first-order valence-electron chi connectivity index (χ1n) is 10.3. The zero-order valence-corrected chi connectivity index (χ0v) is 18.8. The van der Waals surface area contributed by atoms with Crippen LogP contribution < -0.4 is 24.4 Å². The second-order valence-corrected chi connectivity index (χ2v) is 7.42. The van der Waals surface area contributed by atoms with E-state index < -0.39 is 11.8 Å². The number of nitrogens with one attached hydrogen (secondary N) is 1. The molecule has 0 bridgehead atoms. The van der Waals surface area contributed by atoms with Gasteiger partial charge in [0.05, 0.1) is 38.3 Å². The van der Waals surface area contributed by atoms with E-state index in [2.05, 4.69) is 5.32 Å². The SMILES string of the molecule is COc1ccc(C2=C(Nc3ccccc3OC)C(=O)N(c3cc(C)ccc3OC)C2=O)cc1. The number of hydrogen-bond acceptors (Lipinski definition) is 6. The molecule has 1 heterocycles. The van der Waals surface area contributed by atoms with Gasteiger partial charge in [-0.25, -0.2) is 4.90 Å². The van der Waals surface area contributed by atoms with Crippen LogP contribution in [0.4, 0.5) is 11.4 Å². The minimum atomic E-state index is -0.486. The molecule has 0 fully saturated rings. The van der Waals surface area contributed by atoms with Crippen LogP contribution >= 0.6 is 0 Å². The van der Waals surface area contributed by atoms with Crippen LogP contribution in [0.2, 0.25) is 0 Å². The van der Waals surface area contributed by atoms with Gasteiger partial charge in [-0.05, 0) is 54.4 Å². The fourth-order valence-electron chi connectivity index (χ4n) is 3.75. The van der Waals surface area contributed by atoms with Crippen LogP contribution in [-0.4, -0.2) is 33.1 Å². The van der Waals surface area contributed by atoms with E-state index in [0.717, 1.165) is 10.5 Å². The second-order valence-electron chi connectivity index (χ2n) is 7.42. The number of nitrogens with zero attached hydrogens (tertiary/aromatic N) is 1. The normalized spacial score (nSPS) is 13.4. The van der Waals surface area contributed by atoms with Gasteiger partial charge in [0, 0.05) is 0 Å². The number of hydrogen-bond donors (Lipinski definition) is 1. The Morgan fingerprint density at radius 1 is 0.758 bits per heavy atom. The molecule has 1 aliphatic heterocycles. The maximum absolute atomic E-state index is 13.7. The first-order valence-corrected chi connectivity index (χ1v) is 10.3. The van der Waals surface area contributed by atoms with E-state index in [4.69, 9.17) is 14.2 Å². The lowest BCUT2D eigenvalue weighted by Crippen LogP contribution is -2.32. The monoisotopic (exact) mass is 444 g/mol. The smallest absolute Gasteiger partial charge is 0.282 e. The lowest BCUT2D eigenvalue weighted by molar-refractivity contribution is -0.120. The lowest BCUT2D eigenvalue weighted by Gasteiger charge is -2.19. The molecular weight excluding hydrogens is 420 g/mol. The third-order valence-corrected chi connectivity index (χ3v) is 5.40. The van der Waals surface area contributed by atoms with Gasteiger partial charge in [-0.3, -0.25) is 9.59 Å². The van der Waals surface area contributed by atoms with Gasteiger partial charge in [0.25, 0.3) is 11.8 Å². The summed E-state index contributed by atoms with van der Waals surface area (Å²) in [7, 11) is 4.62. The van der Waals surface area contributed by atoms with Gasteiger partial charge >= 0.3 is 0 Å². The van der Waals surface area contributed by atoms with E-state index in [1.807, 2.05) is 25.1 Å². The summed E-state index contributed by atoms with van der Waals surface area (Å²) < 4.78 is 16.1. The summed E-state index contributed by atoms with van der Waals surface area (Å²) in [4.78, 5) is 28.5. The van der Waals surface area contributed by atoms with Crippen molar-refractivity contribution in [3.8, 4) is 17.2 Å². The molecule has 0 unspecified atom stereocenters. The molecule has 0 atom stereocenters. The fraction of sp³-hybridized carbons (Fsp3) is 0.154. The average molecular weight is 444 g/mol. The van der Waals surface area contributed by atoms with E-state index in [0.29, 0.717) is 34.2 Å². The van der Waals surface area contributed by atoms with Gasteiger partial charge in [-0.1, -0.05) is 30.3 Å². The van der Waals surface area contributed by atoms with Gasteiger partial charge in [0.1, 0.15) is 22.9 Å². The van der Waals surface area contributed by atoms with Crippen molar-refractivity contribution in [1.29, 1.82) is 0 Å². The fourth-order valence-corrected chi connectivity index (χ4v) is 3.75. The maximum atomic E-state index is 13.7. The largest absolute Gasteiger partial charge is 0.497 e. The minimum absolute atomic E-state index is 0.151. The quantitative estimate of drug-likeness (QED) is 0.544. The maximum Gasteiger partial charge on any atom is 0.282 e. The van der Waals surface area contributed by atoms with E-state index in [1.54, 1.807) is 62.8 Å². The number of benzene rings is 3. The zero-order chi connectivity index (χ0) is 23.5. The van der Waals surface area contributed by atoms with Crippen LogP contribution in [0.25, 0.3) is 5.57 Å². The Labute approximate surface area is 192 Å². The van der Waals surface area contributed by atoms with E-state index in [1.165, 1.54) is 7.11 Å². The number of anilines is 2. The second kappa shape index (κ2) is 9.08. The molecule has 2 amide bonds. The van der Waals surface area contributed by atoms with Gasteiger partial charge in [0.2, 0.25) is 0 Å². The number of methoxy groups -OCH3 is 3. The van der Waals surface area contributed by atoms with Gasteiger partial charge in [-0.15, -0.1) is 0 Å². The van der Waals surface area contributed by atoms with Crippen LogP contribution in [0.5, 0.6) is 17.2 Å². The number of imide groups is 1. The predicted octanol–water partition coefficient (Wildman–Crippen LogP) is 4.42. The van der Waals surface area contributed by atoms with Crippen LogP contribution in [-0.2, 0) is 9.59 Å². The third kappa shape index (κ3) is 4.01. The number of para-hydroxylation sites is 2. The van der Waals surface area contributed by atoms with Crippen LogP contribution in [0.3, 0.4) is 0 Å². The molecule has 33 heavy (non-hydrogen) atoms. The molecule has 7 heteroatoms. The van der Waals surface area contributed by atoms with E-state index >= 15 is 0 Å². The van der Waals surface area contributed by atoms with Crippen molar-refractivity contribution in [2.24, 2.45) is 0 Å².